The fraction of sp³-hybridized carbons (Fsp3) is 0. The van der Waals surface area contributed by atoms with Gasteiger partial charge in [0.25, 0.3) is 5.91 Å². The van der Waals surface area contributed by atoms with E-state index in [0.717, 1.165) is 0 Å². The monoisotopic (exact) mass is 255 g/mol. The third kappa shape index (κ3) is 3.21. The molecule has 0 saturated heterocycles. The van der Waals surface area contributed by atoms with Crippen molar-refractivity contribution in [2.75, 3.05) is 0 Å². The van der Waals surface area contributed by atoms with Crippen LogP contribution < -0.4 is 10.5 Å². The summed E-state index contributed by atoms with van der Waals surface area (Å²) in [5.74, 6) is 0.265. The van der Waals surface area contributed by atoms with Crippen molar-refractivity contribution in [1.82, 2.24) is 4.98 Å². The Balaban J connectivity index is 2.25. The second-order valence-electron chi connectivity index (χ2n) is 3.53. The molecule has 0 aliphatic rings. The van der Waals surface area contributed by atoms with Crippen molar-refractivity contribution >= 4 is 11.6 Å². The quantitative estimate of drug-likeness (QED) is 0.514. The normalized spacial score (nSPS) is 9.47. The molecule has 0 spiro atoms. The van der Waals surface area contributed by atoms with Crippen LogP contribution in [-0.2, 0) is 0 Å². The van der Waals surface area contributed by atoms with Gasteiger partial charge in [0.05, 0.1) is 0 Å². The molecule has 2 aromatic rings. The summed E-state index contributed by atoms with van der Waals surface area (Å²) >= 11 is 0. The summed E-state index contributed by atoms with van der Waals surface area (Å²) in [6.07, 6.45) is 1.42. The fourth-order valence-corrected chi connectivity index (χ4v) is 1.41. The van der Waals surface area contributed by atoms with E-state index in [1.165, 1.54) is 12.3 Å². The molecular weight excluding hydrogens is 246 g/mol. The van der Waals surface area contributed by atoms with Crippen LogP contribution in [0, 0.1) is 0 Å². The van der Waals surface area contributed by atoms with Crippen LogP contribution in [0.15, 0.2) is 47.7 Å². The SMILES string of the molecule is [N-]=[N+]=Nc1cccc(Oc2ccnc(C(N)=O)c2)c1. The second-order valence-corrected chi connectivity index (χ2v) is 3.53. The van der Waals surface area contributed by atoms with Crippen LogP contribution in [-0.4, -0.2) is 10.9 Å². The van der Waals surface area contributed by atoms with Crippen LogP contribution in [0.4, 0.5) is 5.69 Å². The number of hydrogen-bond donors (Lipinski definition) is 1. The maximum absolute atomic E-state index is 11.0. The lowest BCUT2D eigenvalue weighted by atomic mass is 10.3. The number of nitrogens with two attached hydrogens (primary N) is 1. The number of rotatable bonds is 4. The predicted octanol–water partition coefficient (Wildman–Crippen LogP) is 2.91. The summed E-state index contributed by atoms with van der Waals surface area (Å²) in [6.45, 7) is 0. The fourth-order valence-electron chi connectivity index (χ4n) is 1.41. The first-order valence-corrected chi connectivity index (χ1v) is 5.28. The van der Waals surface area contributed by atoms with E-state index in [1.807, 2.05) is 0 Å². The third-order valence-electron chi connectivity index (χ3n) is 2.20. The molecule has 1 aromatic carbocycles. The largest absolute Gasteiger partial charge is 0.457 e. The van der Waals surface area contributed by atoms with E-state index in [-0.39, 0.29) is 5.69 Å². The molecule has 1 heterocycles. The summed E-state index contributed by atoms with van der Waals surface area (Å²) in [7, 11) is 0. The van der Waals surface area contributed by atoms with Crippen LogP contribution in [0.3, 0.4) is 0 Å². The molecule has 19 heavy (non-hydrogen) atoms. The lowest BCUT2D eigenvalue weighted by Crippen LogP contribution is -2.12. The first-order chi connectivity index (χ1) is 9.19. The smallest absolute Gasteiger partial charge is 0.267 e. The van der Waals surface area contributed by atoms with Gasteiger partial charge in [0, 0.05) is 22.9 Å². The van der Waals surface area contributed by atoms with Crippen LogP contribution in [0.25, 0.3) is 10.4 Å². The first kappa shape index (κ1) is 12.4. The number of azide groups is 1. The molecule has 0 fully saturated rings. The molecule has 0 bridgehead atoms. The Kier molecular flexibility index (Phi) is 3.61. The van der Waals surface area contributed by atoms with Gasteiger partial charge >= 0.3 is 0 Å². The summed E-state index contributed by atoms with van der Waals surface area (Å²) in [5, 5.41) is 3.47. The molecule has 0 radical (unpaired) electrons. The van der Waals surface area contributed by atoms with E-state index < -0.39 is 5.91 Å². The molecule has 2 rings (SSSR count). The zero-order valence-electron chi connectivity index (χ0n) is 9.72. The highest BCUT2D eigenvalue weighted by Crippen LogP contribution is 2.25. The molecule has 7 heteroatoms. The number of carbonyl (C=O) groups is 1. The highest BCUT2D eigenvalue weighted by Gasteiger charge is 2.04. The predicted molar refractivity (Wildman–Crippen MR) is 68.1 cm³/mol. The Hall–Kier alpha value is -3.05. The van der Waals surface area contributed by atoms with E-state index in [0.29, 0.717) is 17.2 Å². The molecule has 1 aromatic heterocycles. The van der Waals surface area contributed by atoms with E-state index in [2.05, 4.69) is 15.0 Å². The highest BCUT2D eigenvalue weighted by atomic mass is 16.5. The summed E-state index contributed by atoms with van der Waals surface area (Å²) in [4.78, 5) is 17.5. The number of carbonyl (C=O) groups excluding carboxylic acids is 1. The highest BCUT2D eigenvalue weighted by molar-refractivity contribution is 5.91. The zero-order chi connectivity index (χ0) is 13.7. The van der Waals surface area contributed by atoms with Crippen LogP contribution in [0.2, 0.25) is 0 Å². The number of primary amides is 1. The number of hydrogen-bond acceptors (Lipinski definition) is 4. The third-order valence-corrected chi connectivity index (χ3v) is 2.20. The van der Waals surface area contributed by atoms with Crippen molar-refractivity contribution in [1.29, 1.82) is 0 Å². The first-order valence-electron chi connectivity index (χ1n) is 5.28. The maximum atomic E-state index is 11.0. The standard InChI is InChI=1S/C12H9N5O2/c13-12(18)11-7-10(4-5-15-11)19-9-3-1-2-8(6-9)16-17-14/h1-7H,(H2,13,18). The molecule has 0 aliphatic carbocycles. The minimum absolute atomic E-state index is 0.115. The van der Waals surface area contributed by atoms with E-state index >= 15 is 0 Å². The maximum Gasteiger partial charge on any atom is 0.267 e. The van der Waals surface area contributed by atoms with Crippen molar-refractivity contribution < 1.29 is 9.53 Å². The Morgan fingerprint density at radius 1 is 1.32 bits per heavy atom. The van der Waals surface area contributed by atoms with Gasteiger partial charge in [-0.1, -0.05) is 17.2 Å². The average Bonchev–Trinajstić information content (AvgIpc) is 2.40. The Morgan fingerprint density at radius 3 is 2.84 bits per heavy atom. The molecule has 0 saturated carbocycles. The van der Waals surface area contributed by atoms with Gasteiger partial charge in [0.1, 0.15) is 17.2 Å². The number of pyridine rings is 1. The molecule has 0 aliphatic heterocycles. The number of aromatic nitrogens is 1. The van der Waals surface area contributed by atoms with Gasteiger partial charge < -0.3 is 10.5 Å². The van der Waals surface area contributed by atoms with Crippen molar-refractivity contribution in [3.63, 3.8) is 0 Å². The van der Waals surface area contributed by atoms with E-state index in [9.17, 15) is 4.79 Å². The number of benzene rings is 1. The Morgan fingerprint density at radius 2 is 2.11 bits per heavy atom. The minimum atomic E-state index is -0.631. The molecule has 7 nitrogen and oxygen atoms in total. The molecule has 2 N–H and O–H groups in total. The molecule has 0 unspecified atom stereocenters. The van der Waals surface area contributed by atoms with Crippen LogP contribution in [0.1, 0.15) is 10.5 Å². The number of nitrogens with zero attached hydrogens (tertiary/aromatic N) is 4. The van der Waals surface area contributed by atoms with Crippen LogP contribution >= 0.6 is 0 Å². The van der Waals surface area contributed by atoms with Crippen molar-refractivity contribution in [3.8, 4) is 11.5 Å². The second kappa shape index (κ2) is 5.52. The van der Waals surface area contributed by atoms with Gasteiger partial charge in [-0.3, -0.25) is 9.78 Å². The van der Waals surface area contributed by atoms with Gasteiger partial charge in [0.15, 0.2) is 0 Å². The topological polar surface area (TPSA) is 114 Å². The van der Waals surface area contributed by atoms with Crippen LogP contribution in [0.5, 0.6) is 11.5 Å². The summed E-state index contributed by atoms with van der Waals surface area (Å²) < 4.78 is 5.53. The Bertz CT molecular complexity index is 621. The van der Waals surface area contributed by atoms with Gasteiger partial charge in [-0.15, -0.1) is 0 Å². The molecule has 0 atom stereocenters. The molecule has 1 amide bonds. The van der Waals surface area contributed by atoms with Gasteiger partial charge in [0.2, 0.25) is 0 Å². The van der Waals surface area contributed by atoms with E-state index in [1.54, 1.807) is 30.3 Å². The van der Waals surface area contributed by atoms with Crippen molar-refractivity contribution in [2.45, 2.75) is 0 Å². The van der Waals surface area contributed by atoms with Gasteiger partial charge in [-0.2, -0.15) is 0 Å². The molecular formula is C12H9N5O2. The number of ether oxygens (including phenoxy) is 1. The average molecular weight is 255 g/mol. The van der Waals surface area contributed by atoms with Crippen molar-refractivity contribution in [2.24, 2.45) is 10.8 Å². The lowest BCUT2D eigenvalue weighted by Gasteiger charge is -2.06. The van der Waals surface area contributed by atoms with E-state index in [4.69, 9.17) is 16.0 Å². The molecule has 94 valence electrons. The summed E-state index contributed by atoms with van der Waals surface area (Å²) in [5.41, 5.74) is 14.0. The van der Waals surface area contributed by atoms with Gasteiger partial charge in [-0.25, -0.2) is 0 Å². The summed E-state index contributed by atoms with van der Waals surface area (Å²) in [6, 6.07) is 9.63. The van der Waals surface area contributed by atoms with Gasteiger partial charge in [-0.05, 0) is 23.7 Å². The van der Waals surface area contributed by atoms with Crippen molar-refractivity contribution in [3.05, 3.63) is 58.7 Å². The zero-order valence-corrected chi connectivity index (χ0v) is 9.72. The minimum Gasteiger partial charge on any atom is -0.457 e. The Labute approximate surface area is 108 Å². The lowest BCUT2D eigenvalue weighted by molar-refractivity contribution is 0.0995. The number of amides is 1.